The van der Waals surface area contributed by atoms with Gasteiger partial charge in [0, 0.05) is 12.0 Å². The van der Waals surface area contributed by atoms with Crippen LogP contribution in [0.3, 0.4) is 0 Å². The Bertz CT molecular complexity index is 478. The number of carbonyl (C=O) groups excluding carboxylic acids is 1. The van der Waals surface area contributed by atoms with Gasteiger partial charge in [0.2, 0.25) is 0 Å². The Labute approximate surface area is 114 Å². The van der Waals surface area contributed by atoms with Crippen LogP contribution in [0.4, 0.5) is 4.39 Å². The van der Waals surface area contributed by atoms with E-state index in [0.717, 1.165) is 24.1 Å². The zero-order valence-corrected chi connectivity index (χ0v) is 12.1. The first kappa shape index (κ1) is 14.2. The lowest BCUT2D eigenvalue weighted by Gasteiger charge is -2.31. The molecule has 1 fully saturated rings. The lowest BCUT2D eigenvalue weighted by molar-refractivity contribution is 0.0734. The van der Waals surface area contributed by atoms with Crippen LogP contribution in [0.2, 0.25) is 0 Å². The molecule has 1 heterocycles. The summed E-state index contributed by atoms with van der Waals surface area (Å²) in [6.07, 6.45) is 0.788. The van der Waals surface area contributed by atoms with E-state index in [4.69, 9.17) is 0 Å². The van der Waals surface area contributed by atoms with E-state index >= 15 is 0 Å². The number of benzene rings is 1. The number of Topliss-reactive ketones (excluding diaryl/α,β-unsaturated/α-hetero) is 1. The molecule has 0 aliphatic carbocycles. The third-order valence-electron chi connectivity index (χ3n) is 4.40. The third kappa shape index (κ3) is 2.32. The van der Waals surface area contributed by atoms with Gasteiger partial charge in [0.05, 0.1) is 5.56 Å². The van der Waals surface area contributed by atoms with Crippen LogP contribution in [0.1, 0.15) is 41.8 Å². The van der Waals surface area contributed by atoms with Crippen LogP contribution < -0.4 is 5.32 Å². The molecule has 1 aliphatic heterocycles. The first-order valence-corrected chi connectivity index (χ1v) is 6.91. The highest BCUT2D eigenvalue weighted by atomic mass is 19.1. The summed E-state index contributed by atoms with van der Waals surface area (Å²) in [5.41, 5.74) is 1.42. The van der Waals surface area contributed by atoms with E-state index in [0.29, 0.717) is 6.54 Å². The van der Waals surface area contributed by atoms with E-state index in [1.54, 1.807) is 0 Å². The second-order valence-corrected chi connectivity index (χ2v) is 6.01. The Morgan fingerprint density at radius 3 is 2.53 bits per heavy atom. The van der Waals surface area contributed by atoms with Gasteiger partial charge in [0.25, 0.3) is 0 Å². The molecule has 1 aromatic rings. The Kier molecular flexibility index (Phi) is 3.77. The van der Waals surface area contributed by atoms with Crippen LogP contribution in [-0.2, 0) is 0 Å². The lowest BCUT2D eigenvalue weighted by atomic mass is 9.70. The summed E-state index contributed by atoms with van der Waals surface area (Å²) in [6.45, 7) is 9.24. The molecule has 1 aromatic carbocycles. The Morgan fingerprint density at radius 2 is 2.05 bits per heavy atom. The molecule has 1 N–H and O–H groups in total. The van der Waals surface area contributed by atoms with Crippen molar-refractivity contribution in [1.29, 1.82) is 0 Å². The SMILES string of the molecule is Cc1cc(C)c(C(=O)C2(C(C)C)CCNC2)c(F)c1. The molecule has 2 rings (SSSR count). The first-order chi connectivity index (χ1) is 8.88. The molecule has 2 nitrogen and oxygen atoms in total. The van der Waals surface area contributed by atoms with Gasteiger partial charge in [0.1, 0.15) is 5.82 Å². The topological polar surface area (TPSA) is 29.1 Å². The van der Waals surface area contributed by atoms with Gasteiger partial charge in [-0.1, -0.05) is 19.9 Å². The molecule has 1 atom stereocenters. The van der Waals surface area contributed by atoms with Crippen LogP contribution in [-0.4, -0.2) is 18.9 Å². The fourth-order valence-corrected chi connectivity index (χ4v) is 3.11. The molecule has 1 unspecified atom stereocenters. The maximum atomic E-state index is 14.2. The molecule has 0 radical (unpaired) electrons. The van der Waals surface area contributed by atoms with Gasteiger partial charge in [-0.2, -0.15) is 0 Å². The first-order valence-electron chi connectivity index (χ1n) is 6.91. The number of ketones is 1. The Hall–Kier alpha value is -1.22. The number of aryl methyl sites for hydroxylation is 2. The Balaban J connectivity index is 2.49. The maximum Gasteiger partial charge on any atom is 0.173 e. The van der Waals surface area contributed by atoms with E-state index in [1.165, 1.54) is 6.07 Å². The van der Waals surface area contributed by atoms with Crippen LogP contribution >= 0.6 is 0 Å². The molecule has 19 heavy (non-hydrogen) atoms. The van der Waals surface area contributed by atoms with Crippen molar-refractivity contribution in [2.24, 2.45) is 11.3 Å². The summed E-state index contributed by atoms with van der Waals surface area (Å²) in [5.74, 6) is -0.216. The third-order valence-corrected chi connectivity index (χ3v) is 4.40. The summed E-state index contributed by atoms with van der Waals surface area (Å²) < 4.78 is 14.2. The fraction of sp³-hybridized carbons (Fsp3) is 0.562. The molecule has 0 aromatic heterocycles. The largest absolute Gasteiger partial charge is 0.316 e. The zero-order valence-electron chi connectivity index (χ0n) is 12.1. The fourth-order valence-electron chi connectivity index (χ4n) is 3.11. The minimum absolute atomic E-state index is 0.0394. The number of halogens is 1. The van der Waals surface area contributed by atoms with E-state index in [1.807, 2.05) is 33.8 Å². The highest BCUT2D eigenvalue weighted by molar-refractivity contribution is 6.02. The summed E-state index contributed by atoms with van der Waals surface area (Å²) in [6, 6.07) is 3.34. The molecule has 0 bridgehead atoms. The van der Waals surface area contributed by atoms with Crippen molar-refractivity contribution in [3.8, 4) is 0 Å². The molecule has 1 aliphatic rings. The molecule has 0 amide bonds. The summed E-state index contributed by atoms with van der Waals surface area (Å²) in [7, 11) is 0. The molecule has 0 spiro atoms. The van der Waals surface area contributed by atoms with Crippen molar-refractivity contribution in [3.05, 3.63) is 34.6 Å². The van der Waals surface area contributed by atoms with E-state index in [-0.39, 0.29) is 23.1 Å². The van der Waals surface area contributed by atoms with Crippen molar-refractivity contribution < 1.29 is 9.18 Å². The van der Waals surface area contributed by atoms with Gasteiger partial charge >= 0.3 is 0 Å². The summed E-state index contributed by atoms with van der Waals surface area (Å²) in [5, 5.41) is 3.25. The van der Waals surface area contributed by atoms with E-state index < -0.39 is 5.41 Å². The quantitative estimate of drug-likeness (QED) is 0.848. The standard InChI is InChI=1S/C16H22FNO/c1-10(2)16(5-6-18-9-16)15(19)14-12(4)7-11(3)8-13(14)17/h7-8,10,18H,5-6,9H2,1-4H3. The molecule has 104 valence electrons. The van der Waals surface area contributed by atoms with Gasteiger partial charge in [-0.15, -0.1) is 0 Å². The highest BCUT2D eigenvalue weighted by Gasteiger charge is 2.45. The van der Waals surface area contributed by atoms with Crippen LogP contribution in [0.5, 0.6) is 0 Å². The molecule has 0 saturated carbocycles. The number of hydrogen-bond acceptors (Lipinski definition) is 2. The second kappa shape index (κ2) is 5.04. The van der Waals surface area contributed by atoms with E-state index in [9.17, 15) is 9.18 Å². The maximum absolute atomic E-state index is 14.2. The minimum Gasteiger partial charge on any atom is -0.316 e. The Morgan fingerprint density at radius 1 is 1.37 bits per heavy atom. The van der Waals surface area contributed by atoms with Crippen molar-refractivity contribution in [3.63, 3.8) is 0 Å². The summed E-state index contributed by atoms with van der Waals surface area (Å²) >= 11 is 0. The molecular weight excluding hydrogens is 241 g/mol. The van der Waals surface area contributed by atoms with Gasteiger partial charge in [-0.3, -0.25) is 4.79 Å². The monoisotopic (exact) mass is 263 g/mol. The highest BCUT2D eigenvalue weighted by Crippen LogP contribution is 2.38. The van der Waals surface area contributed by atoms with Gasteiger partial charge in [0.15, 0.2) is 5.78 Å². The number of carbonyl (C=O) groups is 1. The predicted octanol–water partition coefficient (Wildman–Crippen LogP) is 3.26. The van der Waals surface area contributed by atoms with Crippen LogP contribution in [0.15, 0.2) is 12.1 Å². The summed E-state index contributed by atoms with van der Waals surface area (Å²) in [4.78, 5) is 12.9. The molecule has 3 heteroatoms. The number of rotatable bonds is 3. The van der Waals surface area contributed by atoms with Crippen LogP contribution in [0.25, 0.3) is 0 Å². The second-order valence-electron chi connectivity index (χ2n) is 6.01. The van der Waals surface area contributed by atoms with Gasteiger partial charge < -0.3 is 5.32 Å². The van der Waals surface area contributed by atoms with Crippen molar-refractivity contribution in [2.45, 2.75) is 34.1 Å². The van der Waals surface area contributed by atoms with Crippen molar-refractivity contribution in [2.75, 3.05) is 13.1 Å². The normalized spacial score (nSPS) is 23.1. The number of nitrogens with one attached hydrogen (secondary N) is 1. The zero-order chi connectivity index (χ0) is 14.2. The average Bonchev–Trinajstić information content (AvgIpc) is 2.77. The number of hydrogen-bond donors (Lipinski definition) is 1. The molecule has 1 saturated heterocycles. The van der Waals surface area contributed by atoms with Gasteiger partial charge in [-0.25, -0.2) is 4.39 Å². The van der Waals surface area contributed by atoms with E-state index in [2.05, 4.69) is 5.32 Å². The van der Waals surface area contributed by atoms with Crippen LogP contribution in [0, 0.1) is 31.0 Å². The molecular formula is C16H22FNO. The lowest BCUT2D eigenvalue weighted by Crippen LogP contribution is -2.39. The predicted molar refractivity (Wildman–Crippen MR) is 75.0 cm³/mol. The van der Waals surface area contributed by atoms with Crippen molar-refractivity contribution >= 4 is 5.78 Å². The minimum atomic E-state index is -0.457. The van der Waals surface area contributed by atoms with Crippen molar-refractivity contribution in [1.82, 2.24) is 5.32 Å². The smallest absolute Gasteiger partial charge is 0.173 e. The van der Waals surface area contributed by atoms with Gasteiger partial charge in [-0.05, 0) is 49.9 Å². The average molecular weight is 263 g/mol.